The summed E-state index contributed by atoms with van der Waals surface area (Å²) in [5, 5.41) is 15.6. The number of furan rings is 1. The first-order valence-electron chi connectivity index (χ1n) is 22.1. The first-order valence-corrected chi connectivity index (χ1v) is 22.1. The smallest absolute Gasteiger partial charge is 0.136 e. The van der Waals surface area contributed by atoms with Gasteiger partial charge in [-0.1, -0.05) is 183 Å². The highest BCUT2D eigenvalue weighted by atomic mass is 16.3. The molecule has 0 fully saturated rings. The third-order valence-corrected chi connectivity index (χ3v) is 12.8. The van der Waals surface area contributed by atoms with Crippen LogP contribution in [0.15, 0.2) is 198 Å². The lowest BCUT2D eigenvalue weighted by molar-refractivity contribution is 0.653. The van der Waals surface area contributed by atoms with Gasteiger partial charge in [-0.25, -0.2) is 0 Å². The minimum atomic E-state index is 0.0944. The number of fused-ring (bicyclic) bond motifs is 10. The zero-order valence-corrected chi connectivity index (χ0v) is 37.8. The van der Waals surface area contributed by atoms with Crippen LogP contribution >= 0.6 is 0 Å². The fourth-order valence-electron chi connectivity index (χ4n) is 9.71. The van der Waals surface area contributed by atoms with Gasteiger partial charge in [-0.2, -0.15) is 0 Å². The summed E-state index contributed by atoms with van der Waals surface area (Å²) in [6.45, 7) is 16.2. The first-order chi connectivity index (χ1) is 31.2. The number of hydrogen-bond donors (Lipinski definition) is 2. The molecule has 1 aliphatic carbocycles. The number of aryl methyl sites for hydroxylation is 2. The third kappa shape index (κ3) is 7.96. The number of hydrogen-bond acceptors (Lipinski definition) is 3. The maximum Gasteiger partial charge on any atom is 0.136 e. The van der Waals surface area contributed by atoms with Crippen LogP contribution in [0, 0.1) is 19.3 Å². The molecule has 316 valence electrons. The Hall–Kier alpha value is -7.33. The summed E-state index contributed by atoms with van der Waals surface area (Å²) in [7, 11) is 0. The van der Waals surface area contributed by atoms with Crippen molar-refractivity contribution in [2.24, 2.45) is 5.73 Å². The predicted octanol–water partition coefficient (Wildman–Crippen LogP) is 16.7. The Bertz CT molecular complexity index is 3330. The van der Waals surface area contributed by atoms with Gasteiger partial charge in [0.05, 0.1) is 0 Å². The zero-order chi connectivity index (χ0) is 45.0. The summed E-state index contributed by atoms with van der Waals surface area (Å²) in [4.78, 5) is 0. The molecule has 10 aromatic rings. The summed E-state index contributed by atoms with van der Waals surface area (Å²) in [5.74, 6) is 0. The zero-order valence-electron chi connectivity index (χ0n) is 37.8. The topological polar surface area (TPSA) is 63.0 Å². The van der Waals surface area contributed by atoms with Crippen molar-refractivity contribution in [3.05, 3.63) is 221 Å². The molecule has 11 rings (SSSR count). The molecule has 0 saturated heterocycles. The van der Waals surface area contributed by atoms with Crippen LogP contribution in [0.3, 0.4) is 0 Å². The molecule has 0 radical (unpaired) electrons. The Balaban J connectivity index is 0.000000178. The normalized spacial score (nSPS) is 12.8. The van der Waals surface area contributed by atoms with Crippen LogP contribution in [0.4, 0.5) is 0 Å². The van der Waals surface area contributed by atoms with Crippen molar-refractivity contribution in [2.75, 3.05) is 0 Å². The molecule has 3 heteroatoms. The standard InChI is InChI=1S/C37H24O.C16H21N.C7H8.CH3N/c1-23-9-2-3-10-26(23)32-15-8-16-36-37(32)34-22-25(18-20-35(34)38-36)24-17-19-31-29-13-5-4-11-27(29)28-12-6-7-14-30(28)33(31)21-24;1-5-7-13-11(2)15-12(10-17)8-6-9-14(15)16(13,3)4;1-7-5-3-2-4-6-7;1-2/h2-22H,1H3;5-9H,10,17H2,1-4H3;2-6H,1H3;2H,1H2/b;7-5-;;. The minimum Gasteiger partial charge on any atom is -0.456 e. The largest absolute Gasteiger partial charge is 0.456 e. The van der Waals surface area contributed by atoms with E-state index in [-0.39, 0.29) is 5.41 Å². The van der Waals surface area contributed by atoms with E-state index in [1.807, 2.05) is 18.2 Å². The second kappa shape index (κ2) is 18.6. The fourth-order valence-corrected chi connectivity index (χ4v) is 9.71. The molecule has 3 nitrogen and oxygen atoms in total. The Kier molecular flexibility index (Phi) is 12.6. The van der Waals surface area contributed by atoms with E-state index in [1.54, 1.807) is 0 Å². The summed E-state index contributed by atoms with van der Waals surface area (Å²) >= 11 is 0. The molecule has 0 amide bonds. The van der Waals surface area contributed by atoms with Crippen molar-refractivity contribution in [1.82, 2.24) is 0 Å². The van der Waals surface area contributed by atoms with E-state index in [0.717, 1.165) is 16.6 Å². The highest BCUT2D eigenvalue weighted by Crippen LogP contribution is 2.48. The molecule has 0 aliphatic heterocycles. The van der Waals surface area contributed by atoms with E-state index in [1.165, 1.54) is 98.9 Å². The maximum atomic E-state index is 6.32. The van der Waals surface area contributed by atoms with Crippen LogP contribution in [-0.2, 0) is 12.0 Å². The average Bonchev–Trinajstić information content (AvgIpc) is 3.81. The summed E-state index contributed by atoms with van der Waals surface area (Å²) in [6.07, 6.45) is 4.35. The first kappa shape index (κ1) is 43.3. The van der Waals surface area contributed by atoms with E-state index < -0.39 is 0 Å². The van der Waals surface area contributed by atoms with Gasteiger partial charge in [0.2, 0.25) is 0 Å². The van der Waals surface area contributed by atoms with Crippen molar-refractivity contribution in [3.63, 3.8) is 0 Å². The van der Waals surface area contributed by atoms with E-state index in [9.17, 15) is 0 Å². The van der Waals surface area contributed by atoms with Gasteiger partial charge < -0.3 is 15.6 Å². The number of rotatable bonds is 4. The number of benzene rings is 9. The molecule has 3 N–H and O–H groups in total. The number of nitrogens with one attached hydrogen (secondary N) is 1. The SMILES string of the molecule is C/C=C\C1=C(C)c2c(CN)cccc2C1(C)C.C=N.Cc1ccccc1.Cc1ccccc1-c1cccc2oc3ccc(-c4ccc5c6ccccc6c6ccccc6c5c4)cc3c12. The lowest BCUT2D eigenvalue weighted by Crippen LogP contribution is -2.16. The molecule has 1 aliphatic rings. The lowest BCUT2D eigenvalue weighted by Gasteiger charge is -2.23. The van der Waals surface area contributed by atoms with Crippen molar-refractivity contribution in [2.45, 2.75) is 53.5 Å². The van der Waals surface area contributed by atoms with Crippen LogP contribution in [0.5, 0.6) is 0 Å². The van der Waals surface area contributed by atoms with E-state index in [2.05, 4.69) is 218 Å². The average molecular weight is 833 g/mol. The number of allylic oxidation sites excluding steroid dienone is 4. The van der Waals surface area contributed by atoms with Gasteiger partial charge in [0.25, 0.3) is 0 Å². The van der Waals surface area contributed by atoms with Gasteiger partial charge in [0, 0.05) is 22.7 Å². The Morgan fingerprint density at radius 2 is 1.09 bits per heavy atom. The Labute approximate surface area is 377 Å². The van der Waals surface area contributed by atoms with Crippen molar-refractivity contribution < 1.29 is 4.42 Å². The molecule has 0 spiro atoms. The molecule has 0 bridgehead atoms. The van der Waals surface area contributed by atoms with Crippen LogP contribution in [0.2, 0.25) is 0 Å². The summed E-state index contributed by atoms with van der Waals surface area (Å²) in [5.41, 5.74) is 22.1. The summed E-state index contributed by atoms with van der Waals surface area (Å²) in [6, 6.07) is 62.7. The second-order valence-corrected chi connectivity index (χ2v) is 17.0. The summed E-state index contributed by atoms with van der Waals surface area (Å²) < 4.78 is 6.32. The highest BCUT2D eigenvalue weighted by Gasteiger charge is 2.35. The minimum absolute atomic E-state index is 0.0944. The molecule has 0 atom stereocenters. The molecule has 0 saturated carbocycles. The molecule has 64 heavy (non-hydrogen) atoms. The van der Waals surface area contributed by atoms with Crippen molar-refractivity contribution in [3.8, 4) is 22.3 Å². The molecule has 9 aromatic carbocycles. The second-order valence-electron chi connectivity index (χ2n) is 17.0. The Morgan fingerprint density at radius 3 is 1.70 bits per heavy atom. The van der Waals surface area contributed by atoms with E-state index in [4.69, 9.17) is 15.6 Å². The van der Waals surface area contributed by atoms with Gasteiger partial charge in [0.15, 0.2) is 0 Å². The van der Waals surface area contributed by atoms with Crippen LogP contribution in [0.1, 0.15) is 55.5 Å². The van der Waals surface area contributed by atoms with Gasteiger partial charge >= 0.3 is 0 Å². The third-order valence-electron chi connectivity index (χ3n) is 12.8. The molecular weight excluding hydrogens is 777 g/mol. The predicted molar refractivity (Wildman–Crippen MR) is 278 cm³/mol. The monoisotopic (exact) mass is 832 g/mol. The number of nitrogens with two attached hydrogens (primary N) is 1. The quantitative estimate of drug-likeness (QED) is 0.137. The lowest BCUT2D eigenvalue weighted by atomic mass is 9.80. The van der Waals surface area contributed by atoms with E-state index in [0.29, 0.717) is 6.54 Å². The van der Waals surface area contributed by atoms with Gasteiger partial charge in [-0.3, -0.25) is 0 Å². The van der Waals surface area contributed by atoms with Crippen molar-refractivity contribution in [1.29, 1.82) is 5.41 Å². The molecule has 1 heterocycles. The van der Waals surface area contributed by atoms with Gasteiger partial charge in [0.1, 0.15) is 11.2 Å². The van der Waals surface area contributed by atoms with Crippen LogP contribution in [-0.4, -0.2) is 6.72 Å². The van der Waals surface area contributed by atoms with Gasteiger partial charge in [-0.05, 0) is 147 Å². The molecule has 1 aromatic heterocycles. The van der Waals surface area contributed by atoms with Gasteiger partial charge in [-0.15, -0.1) is 0 Å². The van der Waals surface area contributed by atoms with Crippen molar-refractivity contribution >= 4 is 66.5 Å². The van der Waals surface area contributed by atoms with E-state index >= 15 is 0 Å². The fraction of sp³-hybridized carbons (Fsp3) is 0.131. The Morgan fingerprint density at radius 1 is 0.547 bits per heavy atom. The highest BCUT2D eigenvalue weighted by molar-refractivity contribution is 6.26. The van der Waals surface area contributed by atoms with Crippen LogP contribution < -0.4 is 5.73 Å². The maximum absolute atomic E-state index is 6.32. The molecule has 0 unspecified atom stereocenters. The molecular formula is C61H56N2O. The van der Waals surface area contributed by atoms with Crippen LogP contribution in [0.25, 0.3) is 82.1 Å².